The predicted molar refractivity (Wildman–Crippen MR) is 98.9 cm³/mol. The van der Waals surface area contributed by atoms with E-state index in [1.165, 1.54) is 4.31 Å². The normalized spacial score (nSPS) is 16.1. The van der Waals surface area contributed by atoms with Gasteiger partial charge in [0.05, 0.1) is 4.90 Å². The van der Waals surface area contributed by atoms with Gasteiger partial charge in [-0.25, -0.2) is 8.42 Å². The first-order chi connectivity index (χ1) is 12.5. The minimum absolute atomic E-state index is 0.177. The van der Waals surface area contributed by atoms with Crippen molar-refractivity contribution in [3.05, 3.63) is 59.9 Å². The molecule has 1 aromatic carbocycles. The Morgan fingerprint density at radius 2 is 1.88 bits per heavy atom. The van der Waals surface area contributed by atoms with Crippen LogP contribution in [0.3, 0.4) is 0 Å². The van der Waals surface area contributed by atoms with Gasteiger partial charge in [-0.1, -0.05) is 18.2 Å². The Hall–Kier alpha value is -2.58. The number of benzene rings is 1. The second-order valence-corrected chi connectivity index (χ2v) is 7.81. The number of aromatic nitrogens is 1. The maximum absolute atomic E-state index is 12.9. The van der Waals surface area contributed by atoms with Crippen molar-refractivity contribution in [1.82, 2.24) is 14.2 Å². The SMILES string of the molecule is CN=Cc1cccc(S(=O)(=O)N2CCN(C(=O)c3ccccn3)CC2)c1. The van der Waals surface area contributed by atoms with Gasteiger partial charge in [-0.15, -0.1) is 0 Å². The molecule has 1 aliphatic heterocycles. The van der Waals surface area contributed by atoms with E-state index in [4.69, 9.17) is 0 Å². The molecule has 0 saturated carbocycles. The molecule has 1 fully saturated rings. The van der Waals surface area contributed by atoms with Gasteiger partial charge in [0.2, 0.25) is 10.0 Å². The summed E-state index contributed by atoms with van der Waals surface area (Å²) in [5, 5.41) is 0. The smallest absolute Gasteiger partial charge is 0.272 e. The fourth-order valence-electron chi connectivity index (χ4n) is 2.84. The Kier molecular flexibility index (Phi) is 5.43. The topological polar surface area (TPSA) is 82.9 Å². The van der Waals surface area contributed by atoms with E-state index in [9.17, 15) is 13.2 Å². The van der Waals surface area contributed by atoms with Crippen molar-refractivity contribution in [1.29, 1.82) is 0 Å². The Morgan fingerprint density at radius 3 is 2.54 bits per heavy atom. The fraction of sp³-hybridized carbons (Fsp3) is 0.278. The number of carbonyl (C=O) groups is 1. The maximum atomic E-state index is 12.9. The summed E-state index contributed by atoms with van der Waals surface area (Å²) in [4.78, 5) is 22.3. The van der Waals surface area contributed by atoms with Crippen molar-refractivity contribution in [2.24, 2.45) is 4.99 Å². The summed E-state index contributed by atoms with van der Waals surface area (Å²) < 4.78 is 27.1. The monoisotopic (exact) mass is 372 g/mol. The van der Waals surface area contributed by atoms with Crippen molar-refractivity contribution in [3.63, 3.8) is 0 Å². The first-order valence-electron chi connectivity index (χ1n) is 8.25. The predicted octanol–water partition coefficient (Wildman–Crippen LogP) is 1.28. The number of sulfonamides is 1. The molecule has 0 aliphatic carbocycles. The second-order valence-electron chi connectivity index (χ2n) is 5.87. The number of rotatable bonds is 4. The summed E-state index contributed by atoms with van der Waals surface area (Å²) in [6, 6.07) is 11.8. The molecule has 1 aromatic heterocycles. The quantitative estimate of drug-likeness (QED) is 0.757. The highest BCUT2D eigenvalue weighted by Gasteiger charge is 2.30. The number of aliphatic imine (C=N–C) groups is 1. The van der Waals surface area contributed by atoms with Gasteiger partial charge < -0.3 is 4.90 Å². The summed E-state index contributed by atoms with van der Waals surface area (Å²) >= 11 is 0. The first kappa shape index (κ1) is 18.2. The molecule has 2 aromatic rings. The van der Waals surface area contributed by atoms with Crippen LogP contribution in [-0.4, -0.2) is 68.0 Å². The molecular formula is C18H20N4O3S. The lowest BCUT2D eigenvalue weighted by Crippen LogP contribution is -2.50. The summed E-state index contributed by atoms with van der Waals surface area (Å²) in [6.45, 7) is 1.19. The van der Waals surface area contributed by atoms with Gasteiger partial charge >= 0.3 is 0 Å². The van der Waals surface area contributed by atoms with E-state index in [0.717, 1.165) is 5.56 Å². The lowest BCUT2D eigenvalue weighted by atomic mass is 10.2. The van der Waals surface area contributed by atoms with E-state index in [1.54, 1.807) is 66.8 Å². The second kappa shape index (κ2) is 7.76. The van der Waals surface area contributed by atoms with E-state index in [1.807, 2.05) is 0 Å². The van der Waals surface area contributed by atoms with Gasteiger partial charge in [-0.2, -0.15) is 4.31 Å². The molecule has 0 bridgehead atoms. The van der Waals surface area contributed by atoms with E-state index in [0.29, 0.717) is 18.8 Å². The Bertz CT molecular complexity index is 905. The zero-order valence-electron chi connectivity index (χ0n) is 14.4. The van der Waals surface area contributed by atoms with Crippen molar-refractivity contribution in [2.45, 2.75) is 4.90 Å². The largest absolute Gasteiger partial charge is 0.335 e. The number of carbonyl (C=O) groups excluding carboxylic acids is 1. The molecule has 26 heavy (non-hydrogen) atoms. The fourth-order valence-corrected chi connectivity index (χ4v) is 4.31. The number of pyridine rings is 1. The molecule has 1 amide bonds. The van der Waals surface area contributed by atoms with Crippen LogP contribution in [0.2, 0.25) is 0 Å². The van der Waals surface area contributed by atoms with Crippen molar-refractivity contribution in [2.75, 3.05) is 33.2 Å². The van der Waals surface area contributed by atoms with Crippen molar-refractivity contribution < 1.29 is 13.2 Å². The van der Waals surface area contributed by atoms with E-state index >= 15 is 0 Å². The Balaban J connectivity index is 1.71. The van der Waals surface area contributed by atoms with E-state index in [-0.39, 0.29) is 23.9 Å². The van der Waals surface area contributed by atoms with Crippen LogP contribution in [0.25, 0.3) is 0 Å². The first-order valence-corrected chi connectivity index (χ1v) is 9.69. The summed E-state index contributed by atoms with van der Waals surface area (Å²) in [5.74, 6) is -0.177. The number of piperazine rings is 1. The summed E-state index contributed by atoms with van der Waals surface area (Å²) in [5.41, 5.74) is 1.10. The van der Waals surface area contributed by atoms with Crippen LogP contribution in [0.5, 0.6) is 0 Å². The van der Waals surface area contributed by atoms with Crippen LogP contribution >= 0.6 is 0 Å². The van der Waals surface area contributed by atoms with Crippen LogP contribution < -0.4 is 0 Å². The zero-order valence-corrected chi connectivity index (χ0v) is 15.3. The molecule has 0 unspecified atom stereocenters. The van der Waals surface area contributed by atoms with Gasteiger partial charge in [-0.05, 0) is 29.8 Å². The Morgan fingerprint density at radius 1 is 1.12 bits per heavy atom. The van der Waals surface area contributed by atoms with Crippen LogP contribution in [0.1, 0.15) is 16.1 Å². The van der Waals surface area contributed by atoms with Crippen molar-refractivity contribution in [3.8, 4) is 0 Å². The van der Waals surface area contributed by atoms with Gasteiger partial charge in [0.15, 0.2) is 0 Å². The van der Waals surface area contributed by atoms with Crippen LogP contribution in [0.15, 0.2) is 58.5 Å². The molecule has 136 valence electrons. The number of amides is 1. The molecule has 8 heteroatoms. The van der Waals surface area contributed by atoms with Gasteiger partial charge in [0.1, 0.15) is 5.69 Å². The maximum Gasteiger partial charge on any atom is 0.272 e. The third-order valence-corrected chi connectivity index (χ3v) is 6.08. The van der Waals surface area contributed by atoms with Crippen molar-refractivity contribution >= 4 is 22.1 Å². The van der Waals surface area contributed by atoms with E-state index in [2.05, 4.69) is 9.98 Å². The zero-order chi connectivity index (χ0) is 18.6. The molecule has 1 aliphatic rings. The summed E-state index contributed by atoms with van der Waals surface area (Å²) in [6.07, 6.45) is 3.18. The molecule has 0 N–H and O–H groups in total. The van der Waals surface area contributed by atoms with Gasteiger partial charge in [0, 0.05) is 45.6 Å². The molecule has 0 spiro atoms. The minimum Gasteiger partial charge on any atom is -0.335 e. The van der Waals surface area contributed by atoms with Crippen LogP contribution in [-0.2, 0) is 10.0 Å². The average Bonchev–Trinajstić information content (AvgIpc) is 2.69. The molecule has 0 radical (unpaired) electrons. The number of hydrogen-bond donors (Lipinski definition) is 0. The summed E-state index contributed by atoms with van der Waals surface area (Å²) in [7, 11) is -1.96. The third kappa shape index (κ3) is 3.81. The lowest BCUT2D eigenvalue weighted by Gasteiger charge is -2.33. The number of nitrogens with zero attached hydrogens (tertiary/aromatic N) is 4. The van der Waals surface area contributed by atoms with Gasteiger partial charge in [0.25, 0.3) is 5.91 Å². The molecule has 1 saturated heterocycles. The molecule has 2 heterocycles. The highest BCUT2D eigenvalue weighted by atomic mass is 32.2. The highest BCUT2D eigenvalue weighted by Crippen LogP contribution is 2.19. The highest BCUT2D eigenvalue weighted by molar-refractivity contribution is 7.89. The van der Waals surface area contributed by atoms with E-state index < -0.39 is 10.0 Å². The lowest BCUT2D eigenvalue weighted by molar-refractivity contribution is 0.0692. The minimum atomic E-state index is -3.60. The Labute approximate surface area is 153 Å². The molecule has 7 nitrogen and oxygen atoms in total. The molecule has 3 rings (SSSR count). The molecule has 0 atom stereocenters. The van der Waals surface area contributed by atoms with Crippen LogP contribution in [0, 0.1) is 0 Å². The standard InChI is InChI=1S/C18H20N4O3S/c1-19-14-15-5-4-6-16(13-15)26(24,25)22-11-9-21(10-12-22)18(23)17-7-2-3-8-20-17/h2-8,13-14H,9-12H2,1H3. The van der Waals surface area contributed by atoms with Gasteiger partial charge in [-0.3, -0.25) is 14.8 Å². The molecular weight excluding hydrogens is 352 g/mol. The number of hydrogen-bond acceptors (Lipinski definition) is 5. The van der Waals surface area contributed by atoms with Crippen LogP contribution in [0.4, 0.5) is 0 Å². The average molecular weight is 372 g/mol. The third-order valence-electron chi connectivity index (χ3n) is 4.18.